The molecule has 0 unspecified atom stereocenters. The van der Waals surface area contributed by atoms with Gasteiger partial charge in [0.15, 0.2) is 0 Å². The van der Waals surface area contributed by atoms with Crippen molar-refractivity contribution < 1.29 is 4.42 Å². The van der Waals surface area contributed by atoms with Crippen molar-refractivity contribution in [1.82, 2.24) is 0 Å². The van der Waals surface area contributed by atoms with Crippen molar-refractivity contribution in [3.8, 4) is 22.3 Å². The maximum Gasteiger partial charge on any atom is 0.145 e. The normalized spacial score (nSPS) is 11.6. The highest BCUT2D eigenvalue weighted by molar-refractivity contribution is 6.18. The molecule has 0 N–H and O–H groups in total. The van der Waals surface area contributed by atoms with E-state index < -0.39 is 0 Å². The fraction of sp³-hybridized carbons (Fsp3) is 0. The van der Waals surface area contributed by atoms with Crippen LogP contribution in [0.5, 0.6) is 0 Å². The Kier molecular flexibility index (Phi) is 6.53. The summed E-state index contributed by atoms with van der Waals surface area (Å²) >= 11 is 0. The van der Waals surface area contributed by atoms with Crippen LogP contribution in [0.4, 0.5) is 17.1 Å². The predicted molar refractivity (Wildman–Crippen MR) is 212 cm³/mol. The molecule has 1 heterocycles. The van der Waals surface area contributed by atoms with E-state index in [0.29, 0.717) is 0 Å². The predicted octanol–water partition coefficient (Wildman–Crippen LogP) is 13.8. The minimum absolute atomic E-state index is 0.875. The number of benzene rings is 9. The molecule has 0 saturated heterocycles. The summed E-state index contributed by atoms with van der Waals surface area (Å²) in [4.78, 5) is 2.43. The zero-order valence-corrected chi connectivity index (χ0v) is 27.3. The lowest BCUT2D eigenvalue weighted by Gasteiger charge is -2.28. The van der Waals surface area contributed by atoms with Crippen LogP contribution in [-0.2, 0) is 0 Å². The summed E-state index contributed by atoms with van der Waals surface area (Å²) in [6.07, 6.45) is 0. The van der Waals surface area contributed by atoms with Crippen molar-refractivity contribution >= 4 is 71.3 Å². The van der Waals surface area contributed by atoms with Crippen LogP contribution in [0.3, 0.4) is 0 Å². The zero-order chi connectivity index (χ0) is 33.0. The smallest absolute Gasteiger partial charge is 0.145 e. The highest BCUT2D eigenvalue weighted by Gasteiger charge is 2.23. The second-order valence-electron chi connectivity index (χ2n) is 12.9. The van der Waals surface area contributed by atoms with Gasteiger partial charge in [-0.25, -0.2) is 0 Å². The first-order chi connectivity index (χ1) is 24.8. The second-order valence-corrected chi connectivity index (χ2v) is 12.9. The number of rotatable bonds is 5. The van der Waals surface area contributed by atoms with Crippen molar-refractivity contribution in [1.29, 1.82) is 0 Å². The van der Waals surface area contributed by atoms with Gasteiger partial charge in [-0.1, -0.05) is 152 Å². The largest absolute Gasteiger partial charge is 0.455 e. The molecule has 234 valence electrons. The molecule has 0 aliphatic heterocycles. The summed E-state index contributed by atoms with van der Waals surface area (Å²) in [5.41, 5.74) is 9.63. The Bertz CT molecular complexity index is 2860. The summed E-state index contributed by atoms with van der Waals surface area (Å²) in [6.45, 7) is 0. The maximum absolute atomic E-state index is 6.80. The van der Waals surface area contributed by atoms with Gasteiger partial charge >= 0.3 is 0 Å². The highest BCUT2D eigenvalue weighted by Crippen LogP contribution is 2.48. The minimum Gasteiger partial charge on any atom is -0.455 e. The standard InChI is InChI=1S/C48H31NO/c1-2-11-32(12-3-1)33-21-23-36(24-22-33)41-29-30-45(47-42-18-8-9-20-46(42)50-48(41)47)49(44-19-10-15-34-13-5-7-17-40(34)44)38-28-27-37-26-25-35-14-4-6-16-39(35)43(37)31-38/h1-31H. The molecule has 2 heteroatoms. The van der Waals surface area contributed by atoms with Gasteiger partial charge in [-0.15, -0.1) is 0 Å². The van der Waals surface area contributed by atoms with Gasteiger partial charge < -0.3 is 9.32 Å². The topological polar surface area (TPSA) is 16.4 Å². The molecule has 0 amide bonds. The van der Waals surface area contributed by atoms with Gasteiger partial charge in [-0.3, -0.25) is 0 Å². The van der Waals surface area contributed by atoms with Gasteiger partial charge in [0.1, 0.15) is 11.2 Å². The molecule has 0 saturated carbocycles. The van der Waals surface area contributed by atoms with E-state index in [0.717, 1.165) is 50.1 Å². The number of hydrogen-bond acceptors (Lipinski definition) is 2. The number of hydrogen-bond donors (Lipinski definition) is 0. The van der Waals surface area contributed by atoms with Crippen LogP contribution < -0.4 is 4.90 Å². The van der Waals surface area contributed by atoms with Crippen LogP contribution in [0.15, 0.2) is 192 Å². The average molecular weight is 638 g/mol. The lowest BCUT2D eigenvalue weighted by atomic mass is 9.97. The Morgan fingerprint density at radius 2 is 0.960 bits per heavy atom. The van der Waals surface area contributed by atoms with E-state index in [4.69, 9.17) is 4.42 Å². The Morgan fingerprint density at radius 1 is 0.360 bits per heavy atom. The van der Waals surface area contributed by atoms with Gasteiger partial charge in [-0.05, 0) is 80.0 Å². The Hall–Kier alpha value is -6.64. The average Bonchev–Trinajstić information content (AvgIpc) is 3.59. The molecule has 50 heavy (non-hydrogen) atoms. The molecule has 0 atom stereocenters. The fourth-order valence-electron chi connectivity index (χ4n) is 7.64. The molecule has 10 aromatic rings. The third-order valence-electron chi connectivity index (χ3n) is 10.0. The first-order valence-corrected chi connectivity index (χ1v) is 17.1. The lowest BCUT2D eigenvalue weighted by molar-refractivity contribution is 0.670. The van der Waals surface area contributed by atoms with Crippen molar-refractivity contribution in [2.45, 2.75) is 0 Å². The van der Waals surface area contributed by atoms with Crippen LogP contribution in [0.1, 0.15) is 0 Å². The van der Waals surface area contributed by atoms with Gasteiger partial charge in [-0.2, -0.15) is 0 Å². The molecule has 2 nitrogen and oxygen atoms in total. The fourth-order valence-corrected chi connectivity index (χ4v) is 7.64. The first-order valence-electron chi connectivity index (χ1n) is 17.1. The summed E-state index contributed by atoms with van der Waals surface area (Å²) in [5.74, 6) is 0. The molecule has 9 aromatic carbocycles. The first kappa shape index (κ1) is 28.4. The van der Waals surface area contributed by atoms with Gasteiger partial charge in [0.05, 0.1) is 16.8 Å². The number of furan rings is 1. The van der Waals surface area contributed by atoms with Crippen molar-refractivity contribution in [2.24, 2.45) is 0 Å². The second kappa shape index (κ2) is 11.5. The van der Waals surface area contributed by atoms with Gasteiger partial charge in [0, 0.05) is 22.0 Å². The number of anilines is 3. The summed E-state index contributed by atoms with van der Waals surface area (Å²) in [5, 5.41) is 9.51. The molecule has 10 rings (SSSR count). The molecule has 0 aliphatic carbocycles. The minimum atomic E-state index is 0.875. The highest BCUT2D eigenvalue weighted by atomic mass is 16.3. The molecular formula is C48H31NO. The Balaban J connectivity index is 1.25. The van der Waals surface area contributed by atoms with Crippen molar-refractivity contribution in [3.05, 3.63) is 188 Å². The monoisotopic (exact) mass is 637 g/mol. The van der Waals surface area contributed by atoms with Gasteiger partial charge in [0.2, 0.25) is 0 Å². The molecule has 0 spiro atoms. The van der Waals surface area contributed by atoms with Crippen LogP contribution >= 0.6 is 0 Å². The third-order valence-corrected chi connectivity index (χ3v) is 10.0. The van der Waals surface area contributed by atoms with Crippen LogP contribution in [0.2, 0.25) is 0 Å². The molecule has 1 aromatic heterocycles. The van der Waals surface area contributed by atoms with E-state index in [-0.39, 0.29) is 0 Å². The maximum atomic E-state index is 6.80. The van der Waals surface area contributed by atoms with Crippen LogP contribution in [0, 0.1) is 0 Å². The quantitative estimate of drug-likeness (QED) is 0.175. The van der Waals surface area contributed by atoms with Crippen molar-refractivity contribution in [3.63, 3.8) is 0 Å². The Morgan fingerprint density at radius 3 is 1.78 bits per heavy atom. The number of nitrogens with zero attached hydrogens (tertiary/aromatic N) is 1. The van der Waals surface area contributed by atoms with E-state index in [1.54, 1.807) is 0 Å². The summed E-state index contributed by atoms with van der Waals surface area (Å²) in [6, 6.07) is 67.5. The number of fused-ring (bicyclic) bond motifs is 7. The van der Waals surface area contributed by atoms with E-state index in [2.05, 4.69) is 193 Å². The molecule has 0 fully saturated rings. The summed E-state index contributed by atoms with van der Waals surface area (Å²) in [7, 11) is 0. The lowest BCUT2D eigenvalue weighted by Crippen LogP contribution is -2.11. The summed E-state index contributed by atoms with van der Waals surface area (Å²) < 4.78 is 6.80. The number of para-hydroxylation sites is 1. The van der Waals surface area contributed by atoms with E-state index in [9.17, 15) is 0 Å². The SMILES string of the molecule is c1ccc(-c2ccc(-c3ccc(N(c4ccc5ccc6ccccc6c5c4)c4cccc5ccccc45)c4c3oc3ccccc34)cc2)cc1. The van der Waals surface area contributed by atoms with Crippen LogP contribution in [-0.4, -0.2) is 0 Å². The molecule has 0 bridgehead atoms. The van der Waals surface area contributed by atoms with Gasteiger partial charge in [0.25, 0.3) is 0 Å². The molecular weight excluding hydrogens is 607 g/mol. The molecule has 0 aliphatic rings. The van der Waals surface area contributed by atoms with E-state index >= 15 is 0 Å². The molecule has 0 radical (unpaired) electrons. The third kappa shape index (κ3) is 4.57. The zero-order valence-electron chi connectivity index (χ0n) is 27.3. The van der Waals surface area contributed by atoms with Crippen LogP contribution in [0.25, 0.3) is 76.5 Å². The van der Waals surface area contributed by atoms with E-state index in [1.165, 1.54) is 43.4 Å². The van der Waals surface area contributed by atoms with E-state index in [1.807, 2.05) is 0 Å². The Labute approximate surface area is 290 Å². The van der Waals surface area contributed by atoms with Crippen molar-refractivity contribution in [2.75, 3.05) is 4.90 Å².